The molecule has 0 saturated carbocycles. The average Bonchev–Trinajstić information content (AvgIpc) is 3.85. The average molecular weight is 795 g/mol. The van der Waals surface area contributed by atoms with E-state index < -0.39 is 0 Å². The molecule has 0 unspecified atom stereocenters. The molecule has 4 aromatic heterocycles. The highest BCUT2D eigenvalue weighted by Gasteiger charge is 2.42. The molecule has 17 heteroatoms. The zero-order valence-electron chi connectivity index (χ0n) is 32.6. The minimum absolute atomic E-state index is 0.0927. The Bertz CT molecular complexity index is 2000. The van der Waals surface area contributed by atoms with Gasteiger partial charge in [0, 0.05) is 64.1 Å². The molecule has 0 radical (unpaired) electrons. The SMILES string of the molecule is CC1CCN(c2ccc3c(n2)N(C(=O)Nc2cnccn2)[C@H]2CCN3C2)CC1.CC1CCNCC1.O=C(Nc1cnccn1)N1c2nc(Cl)ccc2N2CC[C@H]1C2. The number of piperidine rings is 2. The van der Waals surface area contributed by atoms with Crippen LogP contribution in [0.2, 0.25) is 5.15 Å². The third-order valence-electron chi connectivity index (χ3n) is 11.6. The molecule has 6 aliphatic heterocycles. The summed E-state index contributed by atoms with van der Waals surface area (Å²) in [5.74, 6) is 4.93. The number of halogens is 1. The first-order valence-corrected chi connectivity index (χ1v) is 20.5. The van der Waals surface area contributed by atoms with Crippen LogP contribution in [0.5, 0.6) is 0 Å². The van der Waals surface area contributed by atoms with Crippen LogP contribution in [-0.4, -0.2) is 106 Å². The normalized spacial score (nSPS) is 21.1. The Morgan fingerprint density at radius 1 is 0.649 bits per heavy atom. The lowest BCUT2D eigenvalue weighted by Crippen LogP contribution is -2.48. The van der Waals surface area contributed by atoms with Crippen molar-refractivity contribution < 1.29 is 9.59 Å². The van der Waals surface area contributed by atoms with E-state index in [1.54, 1.807) is 35.8 Å². The van der Waals surface area contributed by atoms with Crippen molar-refractivity contribution in [3.8, 4) is 0 Å². The Morgan fingerprint density at radius 3 is 1.67 bits per heavy atom. The summed E-state index contributed by atoms with van der Waals surface area (Å²) < 4.78 is 0. The van der Waals surface area contributed by atoms with Gasteiger partial charge in [0.25, 0.3) is 0 Å². The highest BCUT2D eigenvalue weighted by atomic mass is 35.5. The topological polar surface area (TPSA) is 164 Å². The third-order valence-corrected chi connectivity index (χ3v) is 11.8. The van der Waals surface area contributed by atoms with E-state index in [4.69, 9.17) is 16.6 Å². The van der Waals surface area contributed by atoms with Crippen LogP contribution in [0.4, 0.5) is 50.1 Å². The van der Waals surface area contributed by atoms with Gasteiger partial charge >= 0.3 is 12.1 Å². The maximum absolute atomic E-state index is 13.1. The molecule has 4 amide bonds. The van der Waals surface area contributed by atoms with Crippen molar-refractivity contribution in [2.24, 2.45) is 11.8 Å². The number of aromatic nitrogens is 6. The maximum Gasteiger partial charge on any atom is 0.329 e. The van der Waals surface area contributed by atoms with Crippen LogP contribution in [0.15, 0.2) is 61.4 Å². The van der Waals surface area contributed by atoms with Crippen LogP contribution in [0, 0.1) is 11.8 Å². The summed E-state index contributed by atoms with van der Waals surface area (Å²) in [7, 11) is 0. The molecule has 4 aromatic rings. The molecule has 6 aliphatic rings. The molecule has 4 saturated heterocycles. The lowest BCUT2D eigenvalue weighted by molar-refractivity contribution is 0.254. The third kappa shape index (κ3) is 8.81. The zero-order chi connectivity index (χ0) is 39.3. The van der Waals surface area contributed by atoms with Gasteiger partial charge in [-0.3, -0.25) is 30.4 Å². The van der Waals surface area contributed by atoms with Crippen molar-refractivity contribution in [2.75, 3.05) is 87.5 Å². The lowest BCUT2D eigenvalue weighted by Gasteiger charge is -2.37. The van der Waals surface area contributed by atoms with Crippen LogP contribution in [0.3, 0.4) is 0 Å². The van der Waals surface area contributed by atoms with E-state index in [9.17, 15) is 9.59 Å². The highest BCUT2D eigenvalue weighted by molar-refractivity contribution is 6.29. The number of pyridine rings is 2. The molecule has 3 N–H and O–H groups in total. The van der Waals surface area contributed by atoms with Crippen molar-refractivity contribution in [2.45, 2.75) is 64.5 Å². The highest BCUT2D eigenvalue weighted by Crippen LogP contribution is 2.41. The molecule has 2 atom stereocenters. The number of carbonyl (C=O) groups excluding carboxylic acids is 2. The molecule has 4 bridgehead atoms. The van der Waals surface area contributed by atoms with Gasteiger partial charge in [0.1, 0.15) is 11.0 Å². The first-order valence-electron chi connectivity index (χ1n) is 20.2. The fourth-order valence-corrected chi connectivity index (χ4v) is 8.50. The molecule has 0 spiro atoms. The van der Waals surface area contributed by atoms with Gasteiger partial charge in [-0.1, -0.05) is 25.4 Å². The summed E-state index contributed by atoms with van der Waals surface area (Å²) in [6, 6.07) is 7.66. The first-order chi connectivity index (χ1) is 27.8. The number of nitrogens with zero attached hydrogens (tertiary/aromatic N) is 11. The fraction of sp³-hybridized carbons (Fsp3) is 0.500. The monoisotopic (exact) mass is 794 g/mol. The summed E-state index contributed by atoms with van der Waals surface area (Å²) in [4.78, 5) is 61.7. The van der Waals surface area contributed by atoms with Gasteiger partial charge in [0.05, 0.1) is 35.9 Å². The predicted octanol–water partition coefficient (Wildman–Crippen LogP) is 5.90. The van der Waals surface area contributed by atoms with E-state index in [1.807, 2.05) is 11.0 Å². The number of urea groups is 2. The van der Waals surface area contributed by atoms with Crippen molar-refractivity contribution in [1.82, 2.24) is 35.2 Å². The molecule has 16 nitrogen and oxygen atoms in total. The number of rotatable bonds is 3. The van der Waals surface area contributed by atoms with Crippen molar-refractivity contribution in [3.63, 3.8) is 0 Å². The molecule has 0 aromatic carbocycles. The lowest BCUT2D eigenvalue weighted by atomic mass is 9.99. The number of nitrogens with one attached hydrogen (secondary N) is 3. The number of hydrogen-bond acceptors (Lipinski definition) is 12. The molecule has 4 fully saturated rings. The van der Waals surface area contributed by atoms with E-state index in [0.717, 1.165) is 87.0 Å². The van der Waals surface area contributed by atoms with Gasteiger partial charge in [-0.05, 0) is 87.7 Å². The number of amides is 4. The van der Waals surface area contributed by atoms with E-state index >= 15 is 0 Å². The van der Waals surface area contributed by atoms with Crippen LogP contribution >= 0.6 is 11.6 Å². The molecule has 10 rings (SSSR count). The van der Waals surface area contributed by atoms with Crippen molar-refractivity contribution >= 4 is 64.1 Å². The Kier molecular flexibility index (Phi) is 11.8. The van der Waals surface area contributed by atoms with Gasteiger partial charge < -0.3 is 20.0 Å². The second kappa shape index (κ2) is 17.4. The molecule has 10 heterocycles. The minimum Gasteiger partial charge on any atom is -0.366 e. The standard InChI is InChI=1S/C20H25N7O.C14H13ClN6O.C6H13N/c1-14-4-9-25(10-5-14)18-3-2-16-19(24-18)27(15-6-11-26(16)13-15)20(28)23-17-12-21-7-8-22-17;15-11-2-1-10-13(18-11)21(9-3-6-20(10)8-9)14(22)19-12-7-16-4-5-17-12;1-6-2-4-7-5-3-6/h2-3,7-8,12,14-15H,4-6,9-11,13H2,1H3,(H,22,23,28);1-2,4-5,7,9H,3,6,8H2,(H,17,19,22);6-7H,2-5H2,1H3/t15-;9-;/m00./s1. The molecular formula is C40H51ClN14O2. The van der Waals surface area contributed by atoms with Gasteiger partial charge in [-0.2, -0.15) is 0 Å². The van der Waals surface area contributed by atoms with Crippen molar-refractivity contribution in [1.29, 1.82) is 0 Å². The molecule has 0 aliphatic carbocycles. The maximum atomic E-state index is 13.1. The number of anilines is 7. The molecular weight excluding hydrogens is 744 g/mol. The number of fused-ring (bicyclic) bond motifs is 8. The van der Waals surface area contributed by atoms with E-state index in [0.29, 0.717) is 22.6 Å². The molecule has 57 heavy (non-hydrogen) atoms. The van der Waals surface area contributed by atoms with Gasteiger partial charge in [0.2, 0.25) is 0 Å². The Labute approximate surface area is 338 Å². The minimum atomic E-state index is -0.261. The van der Waals surface area contributed by atoms with Crippen LogP contribution in [0.1, 0.15) is 52.4 Å². The zero-order valence-corrected chi connectivity index (χ0v) is 33.4. The van der Waals surface area contributed by atoms with Gasteiger partial charge in [0.15, 0.2) is 23.3 Å². The van der Waals surface area contributed by atoms with Crippen molar-refractivity contribution in [3.05, 3.63) is 66.6 Å². The van der Waals surface area contributed by atoms with E-state index in [-0.39, 0.29) is 24.1 Å². The second-order valence-corrected chi connectivity index (χ2v) is 16.0. The van der Waals surface area contributed by atoms with Crippen LogP contribution in [-0.2, 0) is 0 Å². The van der Waals surface area contributed by atoms with Gasteiger partial charge in [-0.25, -0.2) is 29.5 Å². The van der Waals surface area contributed by atoms with Gasteiger partial charge in [-0.15, -0.1) is 0 Å². The molecule has 300 valence electrons. The Balaban J connectivity index is 0.000000139. The largest absolute Gasteiger partial charge is 0.366 e. The Hall–Kier alpha value is -5.35. The summed E-state index contributed by atoms with van der Waals surface area (Å²) in [6.07, 6.45) is 16.3. The quantitative estimate of drug-likeness (QED) is 0.211. The number of carbonyl (C=O) groups is 2. The summed E-state index contributed by atoms with van der Waals surface area (Å²) in [5, 5.41) is 9.34. The fourth-order valence-electron chi connectivity index (χ4n) is 8.36. The predicted molar refractivity (Wildman–Crippen MR) is 224 cm³/mol. The van der Waals surface area contributed by atoms with E-state index in [1.165, 1.54) is 51.2 Å². The smallest absolute Gasteiger partial charge is 0.329 e. The summed E-state index contributed by atoms with van der Waals surface area (Å²) in [6.45, 7) is 12.7. The summed E-state index contributed by atoms with van der Waals surface area (Å²) in [5.41, 5.74) is 1.98. The van der Waals surface area contributed by atoms with Crippen LogP contribution in [0.25, 0.3) is 0 Å². The summed E-state index contributed by atoms with van der Waals surface area (Å²) >= 11 is 6.01. The van der Waals surface area contributed by atoms with Crippen LogP contribution < -0.4 is 40.4 Å². The first kappa shape index (κ1) is 38.5. The number of hydrogen-bond donors (Lipinski definition) is 3. The van der Waals surface area contributed by atoms with E-state index in [2.05, 4.69) is 81.6 Å². The second-order valence-electron chi connectivity index (χ2n) is 15.6. The Morgan fingerprint density at radius 2 is 1.16 bits per heavy atom.